The van der Waals surface area contributed by atoms with Gasteiger partial charge >= 0.3 is 0 Å². The lowest BCUT2D eigenvalue weighted by molar-refractivity contribution is -0.0746. The number of hydrogen-bond donors (Lipinski definition) is 1. The molecule has 1 fully saturated rings. The molecule has 0 unspecified atom stereocenters. The lowest BCUT2D eigenvalue weighted by Crippen LogP contribution is -2.51. The Labute approximate surface area is 178 Å². The molecule has 0 saturated heterocycles. The van der Waals surface area contributed by atoms with Gasteiger partial charge in [-0.1, -0.05) is 80.8 Å². The molecule has 2 aliphatic carbocycles. The van der Waals surface area contributed by atoms with Gasteiger partial charge in [0.15, 0.2) is 0 Å². The number of fused-ring (bicyclic) bond motifs is 1. The number of aliphatic hydroxyl groups excluding tert-OH is 1. The van der Waals surface area contributed by atoms with Crippen LogP contribution in [0.25, 0.3) is 0 Å². The first kappa shape index (κ1) is 22.3. The highest BCUT2D eigenvalue weighted by Gasteiger charge is 2.53. The number of ether oxygens (including phenoxy) is 1. The van der Waals surface area contributed by atoms with Gasteiger partial charge in [0.1, 0.15) is 0 Å². The molecule has 0 spiro atoms. The van der Waals surface area contributed by atoms with E-state index in [-0.39, 0.29) is 17.4 Å². The van der Waals surface area contributed by atoms with Crippen LogP contribution < -0.4 is 0 Å². The molecular formula is C27H40O2. The Balaban J connectivity index is 1.61. The van der Waals surface area contributed by atoms with Gasteiger partial charge in [0.2, 0.25) is 0 Å². The molecule has 3 rings (SSSR count). The van der Waals surface area contributed by atoms with Crippen LogP contribution in [0.5, 0.6) is 0 Å². The van der Waals surface area contributed by atoms with Gasteiger partial charge in [-0.2, -0.15) is 0 Å². The van der Waals surface area contributed by atoms with Crippen LogP contribution in [-0.2, 0) is 11.3 Å². The topological polar surface area (TPSA) is 29.5 Å². The van der Waals surface area contributed by atoms with E-state index in [1.165, 1.54) is 42.4 Å². The fourth-order valence-electron chi connectivity index (χ4n) is 6.30. The highest BCUT2D eigenvalue weighted by atomic mass is 16.5. The molecule has 4 atom stereocenters. The summed E-state index contributed by atoms with van der Waals surface area (Å²) in [5, 5.41) is 11.3. The summed E-state index contributed by atoms with van der Waals surface area (Å²) in [6.07, 6.45) is 9.94. The van der Waals surface area contributed by atoms with Crippen molar-refractivity contribution in [2.24, 2.45) is 22.7 Å². The Morgan fingerprint density at radius 3 is 2.66 bits per heavy atom. The smallest absolute Gasteiger partial charge is 0.0721 e. The van der Waals surface area contributed by atoms with E-state index in [2.05, 4.69) is 58.9 Å². The fourth-order valence-corrected chi connectivity index (χ4v) is 6.30. The van der Waals surface area contributed by atoms with E-state index in [4.69, 9.17) is 4.74 Å². The van der Waals surface area contributed by atoms with Crippen LogP contribution in [0.15, 0.2) is 53.6 Å². The van der Waals surface area contributed by atoms with E-state index in [1.807, 2.05) is 18.2 Å². The number of hydrogen-bond acceptors (Lipinski definition) is 2. The third kappa shape index (κ3) is 5.03. The average Bonchev–Trinajstić information content (AvgIpc) is 2.65. The van der Waals surface area contributed by atoms with Gasteiger partial charge in [0, 0.05) is 5.92 Å². The number of aliphatic hydroxyl groups is 1. The molecule has 2 nitrogen and oxygen atoms in total. The molecule has 0 amide bonds. The van der Waals surface area contributed by atoms with Crippen LogP contribution in [0.4, 0.5) is 0 Å². The molecule has 160 valence electrons. The van der Waals surface area contributed by atoms with Crippen molar-refractivity contribution >= 4 is 0 Å². The minimum absolute atomic E-state index is 0.199. The lowest BCUT2D eigenvalue weighted by atomic mass is 9.48. The van der Waals surface area contributed by atoms with Crippen molar-refractivity contribution in [3.63, 3.8) is 0 Å². The summed E-state index contributed by atoms with van der Waals surface area (Å²) < 4.78 is 5.80. The van der Waals surface area contributed by atoms with E-state index < -0.39 is 0 Å². The predicted octanol–water partition coefficient (Wildman–Crippen LogP) is 6.70. The summed E-state index contributed by atoms with van der Waals surface area (Å²) in [6.45, 7) is 12.9. The molecule has 1 saturated carbocycles. The highest BCUT2D eigenvalue weighted by molar-refractivity contribution is 5.21. The molecule has 0 bridgehead atoms. The maximum absolute atomic E-state index is 11.3. The normalized spacial score (nSPS) is 30.4. The summed E-state index contributed by atoms with van der Waals surface area (Å²) in [5.74, 6) is 0.917. The van der Waals surface area contributed by atoms with Gasteiger partial charge in [-0.05, 0) is 61.8 Å². The van der Waals surface area contributed by atoms with Gasteiger partial charge in [0.05, 0.1) is 19.3 Å². The van der Waals surface area contributed by atoms with E-state index in [0.29, 0.717) is 24.5 Å². The maximum atomic E-state index is 11.3. The largest absolute Gasteiger partial charge is 0.392 e. The van der Waals surface area contributed by atoms with Gasteiger partial charge in [0.25, 0.3) is 0 Å². The lowest BCUT2D eigenvalue weighted by Gasteiger charge is -2.57. The molecule has 2 heteroatoms. The summed E-state index contributed by atoms with van der Waals surface area (Å²) in [4.78, 5) is 0. The Morgan fingerprint density at radius 1 is 1.21 bits per heavy atom. The molecule has 0 aliphatic heterocycles. The molecule has 1 aromatic carbocycles. The summed E-state index contributed by atoms with van der Waals surface area (Å²) in [7, 11) is 0. The minimum atomic E-state index is -0.321. The van der Waals surface area contributed by atoms with Gasteiger partial charge in [-0.15, -0.1) is 0 Å². The van der Waals surface area contributed by atoms with Crippen molar-refractivity contribution in [1.29, 1.82) is 0 Å². The quantitative estimate of drug-likeness (QED) is 0.410. The Morgan fingerprint density at radius 2 is 1.93 bits per heavy atom. The molecule has 1 N–H and O–H groups in total. The van der Waals surface area contributed by atoms with Crippen LogP contribution in [-0.4, -0.2) is 17.8 Å². The van der Waals surface area contributed by atoms with Gasteiger partial charge in [-0.3, -0.25) is 0 Å². The highest BCUT2D eigenvalue weighted by Crippen LogP contribution is 2.60. The summed E-state index contributed by atoms with van der Waals surface area (Å²) in [6, 6.07) is 10.3. The number of rotatable bonds is 7. The summed E-state index contributed by atoms with van der Waals surface area (Å²) in [5.41, 5.74) is 4.37. The Kier molecular flexibility index (Phi) is 7.06. The Bertz CT molecular complexity index is 730. The van der Waals surface area contributed by atoms with Crippen LogP contribution in [0.3, 0.4) is 0 Å². The van der Waals surface area contributed by atoms with Crippen LogP contribution in [0, 0.1) is 22.7 Å². The van der Waals surface area contributed by atoms with Crippen molar-refractivity contribution in [1.82, 2.24) is 0 Å². The van der Waals surface area contributed by atoms with Crippen molar-refractivity contribution in [2.45, 2.75) is 79.4 Å². The molecule has 29 heavy (non-hydrogen) atoms. The Hall–Kier alpha value is -1.38. The number of benzene rings is 1. The van der Waals surface area contributed by atoms with E-state index >= 15 is 0 Å². The van der Waals surface area contributed by atoms with Crippen molar-refractivity contribution < 1.29 is 9.84 Å². The van der Waals surface area contributed by atoms with Crippen LogP contribution in [0.2, 0.25) is 0 Å². The molecule has 0 radical (unpaired) electrons. The third-order valence-corrected chi connectivity index (χ3v) is 7.73. The monoisotopic (exact) mass is 396 g/mol. The van der Waals surface area contributed by atoms with Gasteiger partial charge in [-0.25, -0.2) is 0 Å². The standard InChI is InChI=1S/C27H40O2/c1-20(14-17-29-19-22-10-7-6-8-11-22)18-23(28)25-21(2)12-13-24-26(3,4)15-9-16-27(24,25)5/h6-8,10-12,14,23-25,28H,9,13,15-19H2,1-5H3/b20-14-/t23-,24-,25+,27-/m0/s1. The maximum Gasteiger partial charge on any atom is 0.0721 e. The third-order valence-electron chi connectivity index (χ3n) is 7.73. The zero-order valence-electron chi connectivity index (χ0n) is 19.1. The SMILES string of the molecule is CC1=CC[C@H]2C(C)(C)CCC[C@]2(C)[C@H]1[C@@H](O)C/C(C)=C\COCc1ccccc1. The molecule has 0 aromatic heterocycles. The van der Waals surface area contributed by atoms with E-state index in [9.17, 15) is 5.11 Å². The summed E-state index contributed by atoms with van der Waals surface area (Å²) >= 11 is 0. The second-order valence-corrected chi connectivity index (χ2v) is 10.4. The molecule has 2 aliphatic rings. The van der Waals surface area contributed by atoms with Crippen molar-refractivity contribution in [3.8, 4) is 0 Å². The molecule has 0 heterocycles. The molecule has 1 aromatic rings. The van der Waals surface area contributed by atoms with E-state index in [0.717, 1.165) is 6.42 Å². The van der Waals surface area contributed by atoms with Crippen molar-refractivity contribution in [3.05, 3.63) is 59.2 Å². The second-order valence-electron chi connectivity index (χ2n) is 10.4. The first-order chi connectivity index (χ1) is 13.7. The zero-order valence-corrected chi connectivity index (χ0v) is 19.1. The molecular weight excluding hydrogens is 356 g/mol. The first-order valence-electron chi connectivity index (χ1n) is 11.4. The van der Waals surface area contributed by atoms with Crippen LogP contribution in [0.1, 0.15) is 72.3 Å². The van der Waals surface area contributed by atoms with Gasteiger partial charge < -0.3 is 9.84 Å². The second kappa shape index (κ2) is 9.18. The van der Waals surface area contributed by atoms with Crippen molar-refractivity contribution in [2.75, 3.05) is 6.61 Å². The minimum Gasteiger partial charge on any atom is -0.392 e. The average molecular weight is 397 g/mol. The fraction of sp³-hybridized carbons (Fsp3) is 0.630. The predicted molar refractivity (Wildman–Crippen MR) is 122 cm³/mol. The zero-order chi connectivity index (χ0) is 21.1. The van der Waals surface area contributed by atoms with E-state index in [1.54, 1.807) is 0 Å². The first-order valence-corrected chi connectivity index (χ1v) is 11.4. The van der Waals surface area contributed by atoms with Crippen LogP contribution >= 0.6 is 0 Å². The number of allylic oxidation sites excluding steroid dienone is 1.